The van der Waals surface area contributed by atoms with Gasteiger partial charge in [0.1, 0.15) is 5.82 Å². The monoisotopic (exact) mass is 337 g/mol. The SMILES string of the molecule is NC(c1ccc(Cl)c(Cl)c1)c1cccc(C(F)(F)F)c1F. The van der Waals surface area contributed by atoms with Crippen molar-refractivity contribution >= 4 is 23.2 Å². The van der Waals surface area contributed by atoms with E-state index in [1.807, 2.05) is 0 Å². The average Bonchev–Trinajstić information content (AvgIpc) is 2.40. The molecule has 112 valence electrons. The van der Waals surface area contributed by atoms with Crippen LogP contribution < -0.4 is 5.73 Å². The van der Waals surface area contributed by atoms with Gasteiger partial charge in [0.05, 0.1) is 21.7 Å². The van der Waals surface area contributed by atoms with E-state index in [4.69, 9.17) is 28.9 Å². The first-order valence-corrected chi connectivity index (χ1v) is 6.53. The maximum absolute atomic E-state index is 14.0. The van der Waals surface area contributed by atoms with E-state index in [1.54, 1.807) is 0 Å². The molecule has 0 fully saturated rings. The lowest BCUT2D eigenvalue weighted by molar-refractivity contribution is -0.140. The van der Waals surface area contributed by atoms with Gasteiger partial charge in [0.25, 0.3) is 0 Å². The second-order valence-electron chi connectivity index (χ2n) is 4.36. The summed E-state index contributed by atoms with van der Waals surface area (Å²) in [4.78, 5) is 0. The number of hydrogen-bond acceptors (Lipinski definition) is 1. The Morgan fingerprint density at radius 2 is 1.67 bits per heavy atom. The number of nitrogens with two attached hydrogens (primary N) is 1. The molecule has 2 aromatic carbocycles. The van der Waals surface area contributed by atoms with Crippen molar-refractivity contribution in [1.29, 1.82) is 0 Å². The molecule has 0 saturated carbocycles. The van der Waals surface area contributed by atoms with Crippen molar-refractivity contribution in [2.24, 2.45) is 5.73 Å². The van der Waals surface area contributed by atoms with Crippen LogP contribution in [0, 0.1) is 5.82 Å². The molecule has 0 bridgehead atoms. The third kappa shape index (κ3) is 3.31. The van der Waals surface area contributed by atoms with Crippen LogP contribution in [0.15, 0.2) is 36.4 Å². The van der Waals surface area contributed by atoms with Crippen LogP contribution in [0.4, 0.5) is 17.6 Å². The molecule has 0 aliphatic carbocycles. The highest BCUT2D eigenvalue weighted by atomic mass is 35.5. The molecule has 1 atom stereocenters. The van der Waals surface area contributed by atoms with Crippen molar-refractivity contribution in [2.45, 2.75) is 12.2 Å². The fourth-order valence-corrected chi connectivity index (χ4v) is 2.20. The Kier molecular flexibility index (Phi) is 4.46. The fraction of sp³-hybridized carbons (Fsp3) is 0.143. The molecule has 0 amide bonds. The number of rotatable bonds is 2. The molecule has 2 rings (SSSR count). The Morgan fingerprint density at radius 1 is 1.00 bits per heavy atom. The van der Waals surface area contributed by atoms with E-state index in [2.05, 4.69) is 0 Å². The average molecular weight is 338 g/mol. The van der Waals surface area contributed by atoms with Crippen LogP contribution in [-0.4, -0.2) is 0 Å². The maximum Gasteiger partial charge on any atom is 0.419 e. The van der Waals surface area contributed by atoms with Crippen LogP contribution in [0.1, 0.15) is 22.7 Å². The summed E-state index contributed by atoms with van der Waals surface area (Å²) in [6.45, 7) is 0. The first-order chi connectivity index (χ1) is 9.71. The van der Waals surface area contributed by atoms with Crippen LogP contribution in [0.3, 0.4) is 0 Å². The predicted octanol–water partition coefficient (Wildman–Crippen LogP) is 5.20. The quantitative estimate of drug-likeness (QED) is 0.749. The Hall–Kier alpha value is -1.30. The lowest BCUT2D eigenvalue weighted by atomic mass is 9.97. The normalized spacial score (nSPS) is 13.3. The van der Waals surface area contributed by atoms with Crippen LogP contribution >= 0.6 is 23.2 Å². The summed E-state index contributed by atoms with van der Waals surface area (Å²) in [5.41, 5.74) is 4.59. The zero-order chi connectivity index (χ0) is 15.8. The highest BCUT2D eigenvalue weighted by molar-refractivity contribution is 6.42. The van der Waals surface area contributed by atoms with Crippen molar-refractivity contribution in [3.05, 3.63) is 69.0 Å². The molecule has 1 nitrogen and oxygen atoms in total. The summed E-state index contributed by atoms with van der Waals surface area (Å²) < 4.78 is 52.1. The summed E-state index contributed by atoms with van der Waals surface area (Å²) in [5, 5.41) is 0.467. The van der Waals surface area contributed by atoms with Gasteiger partial charge in [-0.3, -0.25) is 0 Å². The van der Waals surface area contributed by atoms with E-state index in [0.29, 0.717) is 11.6 Å². The van der Waals surface area contributed by atoms with Gasteiger partial charge in [0.15, 0.2) is 0 Å². The molecule has 21 heavy (non-hydrogen) atoms. The van der Waals surface area contributed by atoms with Gasteiger partial charge in [0.2, 0.25) is 0 Å². The van der Waals surface area contributed by atoms with E-state index >= 15 is 0 Å². The first-order valence-electron chi connectivity index (χ1n) is 5.78. The highest BCUT2D eigenvalue weighted by Gasteiger charge is 2.35. The standard InChI is InChI=1S/C14H9Cl2F4N/c15-10-5-4-7(6-11(10)16)13(21)8-2-1-3-9(12(8)17)14(18,19)20/h1-6,13H,21H2. The van der Waals surface area contributed by atoms with Gasteiger partial charge in [-0.05, 0) is 23.8 Å². The van der Waals surface area contributed by atoms with Gasteiger partial charge >= 0.3 is 6.18 Å². The van der Waals surface area contributed by atoms with Crippen molar-refractivity contribution in [3.63, 3.8) is 0 Å². The second kappa shape index (κ2) is 5.83. The van der Waals surface area contributed by atoms with Gasteiger partial charge in [-0.1, -0.05) is 41.4 Å². The highest BCUT2D eigenvalue weighted by Crippen LogP contribution is 2.35. The Balaban J connectivity index is 2.48. The number of benzene rings is 2. The van der Waals surface area contributed by atoms with Gasteiger partial charge in [0, 0.05) is 5.56 Å². The maximum atomic E-state index is 14.0. The Morgan fingerprint density at radius 3 is 2.24 bits per heavy atom. The largest absolute Gasteiger partial charge is 0.419 e. The van der Waals surface area contributed by atoms with Crippen LogP contribution in [-0.2, 0) is 6.18 Å². The van der Waals surface area contributed by atoms with E-state index in [-0.39, 0.29) is 15.6 Å². The van der Waals surface area contributed by atoms with Crippen LogP contribution in [0.2, 0.25) is 10.0 Å². The molecule has 2 N–H and O–H groups in total. The van der Waals surface area contributed by atoms with Crippen molar-refractivity contribution in [2.75, 3.05) is 0 Å². The second-order valence-corrected chi connectivity index (χ2v) is 5.17. The minimum atomic E-state index is -4.78. The summed E-state index contributed by atoms with van der Waals surface area (Å²) in [6.07, 6.45) is -4.78. The summed E-state index contributed by atoms with van der Waals surface area (Å²) in [7, 11) is 0. The molecular weight excluding hydrogens is 329 g/mol. The third-order valence-electron chi connectivity index (χ3n) is 2.97. The van der Waals surface area contributed by atoms with Gasteiger partial charge in [-0.25, -0.2) is 4.39 Å². The molecule has 7 heteroatoms. The molecule has 0 aromatic heterocycles. The molecule has 0 aliphatic heterocycles. The zero-order valence-electron chi connectivity index (χ0n) is 10.4. The zero-order valence-corrected chi connectivity index (χ0v) is 11.9. The molecule has 0 spiro atoms. The van der Waals surface area contributed by atoms with Gasteiger partial charge in [-0.15, -0.1) is 0 Å². The molecule has 0 saturated heterocycles. The van der Waals surface area contributed by atoms with Crippen LogP contribution in [0.5, 0.6) is 0 Å². The Labute approximate surface area is 128 Å². The molecule has 1 unspecified atom stereocenters. The van der Waals surface area contributed by atoms with E-state index < -0.39 is 23.6 Å². The minimum absolute atomic E-state index is 0.192. The third-order valence-corrected chi connectivity index (χ3v) is 3.71. The molecule has 2 aromatic rings. The van der Waals surface area contributed by atoms with E-state index in [1.165, 1.54) is 24.3 Å². The number of hydrogen-bond donors (Lipinski definition) is 1. The molecule has 0 radical (unpaired) electrons. The summed E-state index contributed by atoms with van der Waals surface area (Å²) in [5.74, 6) is -1.39. The lowest BCUT2D eigenvalue weighted by Crippen LogP contribution is -2.17. The van der Waals surface area contributed by atoms with Crippen molar-refractivity contribution in [1.82, 2.24) is 0 Å². The Bertz CT molecular complexity index is 671. The van der Waals surface area contributed by atoms with Gasteiger partial charge in [-0.2, -0.15) is 13.2 Å². The fourth-order valence-electron chi connectivity index (χ4n) is 1.89. The summed E-state index contributed by atoms with van der Waals surface area (Å²) >= 11 is 11.6. The lowest BCUT2D eigenvalue weighted by Gasteiger charge is -2.17. The van der Waals surface area contributed by atoms with Crippen molar-refractivity contribution < 1.29 is 17.6 Å². The van der Waals surface area contributed by atoms with Crippen LogP contribution in [0.25, 0.3) is 0 Å². The van der Waals surface area contributed by atoms with E-state index in [9.17, 15) is 17.6 Å². The van der Waals surface area contributed by atoms with Crippen molar-refractivity contribution in [3.8, 4) is 0 Å². The first kappa shape index (κ1) is 16.1. The predicted molar refractivity (Wildman–Crippen MR) is 73.9 cm³/mol. The molecule has 0 heterocycles. The molecule has 0 aliphatic rings. The topological polar surface area (TPSA) is 26.0 Å². The molecular formula is C14H9Cl2F4N. The minimum Gasteiger partial charge on any atom is -0.320 e. The summed E-state index contributed by atoms with van der Waals surface area (Å²) in [6, 6.07) is 6.23. The van der Waals surface area contributed by atoms with E-state index in [0.717, 1.165) is 6.07 Å². The smallest absolute Gasteiger partial charge is 0.320 e. The van der Waals surface area contributed by atoms with Gasteiger partial charge < -0.3 is 5.73 Å². The number of halogens is 6. The number of alkyl halides is 3.